The Balaban J connectivity index is 2.12. The zero-order chi connectivity index (χ0) is 10.8. The predicted molar refractivity (Wildman–Crippen MR) is 68.3 cm³/mol. The van der Waals surface area contributed by atoms with E-state index in [1.165, 1.54) is 24.1 Å². The van der Waals surface area contributed by atoms with Crippen molar-refractivity contribution in [2.24, 2.45) is 0 Å². The van der Waals surface area contributed by atoms with E-state index in [2.05, 4.69) is 58.4 Å². The molecule has 0 amide bonds. The van der Waals surface area contributed by atoms with E-state index in [1.54, 1.807) is 0 Å². The van der Waals surface area contributed by atoms with Gasteiger partial charge in [0, 0.05) is 36.8 Å². The molecule has 82 valence electrons. The van der Waals surface area contributed by atoms with Crippen LogP contribution in [0, 0.1) is 0 Å². The Kier molecular flexibility index (Phi) is 3.32. The van der Waals surface area contributed by atoms with Gasteiger partial charge in [-0.3, -0.25) is 0 Å². The highest BCUT2D eigenvalue weighted by Gasteiger charge is 2.20. The van der Waals surface area contributed by atoms with Crippen LogP contribution in [0.25, 0.3) is 0 Å². The zero-order valence-electron chi connectivity index (χ0n) is 9.26. The van der Waals surface area contributed by atoms with Gasteiger partial charge in [-0.05, 0) is 30.5 Å². The van der Waals surface area contributed by atoms with Crippen molar-refractivity contribution in [3.8, 4) is 0 Å². The summed E-state index contributed by atoms with van der Waals surface area (Å²) < 4.78 is 1.14. The minimum Gasteiger partial charge on any atom is -0.377 e. The lowest BCUT2D eigenvalue weighted by Crippen LogP contribution is -2.19. The van der Waals surface area contributed by atoms with Gasteiger partial charge in [-0.15, -0.1) is 0 Å². The molecule has 2 nitrogen and oxygen atoms in total. The lowest BCUT2D eigenvalue weighted by atomic mass is 10.1. The molecule has 3 heteroatoms. The summed E-state index contributed by atoms with van der Waals surface area (Å²) in [5.41, 5.74) is 2.66. The molecule has 2 rings (SSSR count). The molecule has 1 aromatic rings. The van der Waals surface area contributed by atoms with Gasteiger partial charge in [0.1, 0.15) is 0 Å². The lowest BCUT2D eigenvalue weighted by Gasteiger charge is -2.18. The predicted octanol–water partition coefficient (Wildman–Crippen LogP) is 2.77. The molecule has 1 aromatic carbocycles. The number of anilines is 1. The summed E-state index contributed by atoms with van der Waals surface area (Å²) in [6.45, 7) is 0.978. The van der Waals surface area contributed by atoms with E-state index in [1.807, 2.05) is 0 Å². The second-order valence-corrected chi connectivity index (χ2v) is 5.24. The number of benzene rings is 1. The Labute approximate surface area is 99.8 Å². The molecule has 0 atom stereocenters. The SMILES string of the molecule is CN(C)c1cc(Br)ccc1CNC1CC1. The fraction of sp³-hybridized carbons (Fsp3) is 0.500. The summed E-state index contributed by atoms with van der Waals surface area (Å²) in [4.78, 5) is 2.16. The third-order valence-electron chi connectivity index (χ3n) is 2.69. The molecule has 1 fully saturated rings. The maximum absolute atomic E-state index is 3.55. The van der Waals surface area contributed by atoms with Gasteiger partial charge in [-0.2, -0.15) is 0 Å². The molecule has 0 aliphatic heterocycles. The van der Waals surface area contributed by atoms with Crippen LogP contribution in [0.5, 0.6) is 0 Å². The molecular formula is C12H17BrN2. The van der Waals surface area contributed by atoms with Gasteiger partial charge in [0.05, 0.1) is 0 Å². The largest absolute Gasteiger partial charge is 0.377 e. The minimum atomic E-state index is 0.767. The van der Waals surface area contributed by atoms with E-state index in [9.17, 15) is 0 Å². The van der Waals surface area contributed by atoms with E-state index in [0.717, 1.165) is 17.1 Å². The first-order chi connectivity index (χ1) is 7.16. The monoisotopic (exact) mass is 268 g/mol. The Bertz CT molecular complexity index is 345. The Morgan fingerprint density at radius 1 is 1.40 bits per heavy atom. The summed E-state index contributed by atoms with van der Waals surface area (Å²) in [5.74, 6) is 0. The van der Waals surface area contributed by atoms with Crippen molar-refractivity contribution in [1.29, 1.82) is 0 Å². The molecule has 0 aromatic heterocycles. The van der Waals surface area contributed by atoms with Crippen LogP contribution in [0.1, 0.15) is 18.4 Å². The van der Waals surface area contributed by atoms with Gasteiger partial charge >= 0.3 is 0 Å². The Morgan fingerprint density at radius 2 is 2.13 bits per heavy atom. The van der Waals surface area contributed by atoms with Crippen molar-refractivity contribution in [2.75, 3.05) is 19.0 Å². The standard InChI is InChI=1S/C12H17BrN2/c1-15(2)12-7-10(13)4-3-9(12)8-14-11-5-6-11/h3-4,7,11,14H,5-6,8H2,1-2H3. The van der Waals surface area contributed by atoms with Gasteiger partial charge in [0.25, 0.3) is 0 Å². The maximum Gasteiger partial charge on any atom is 0.0417 e. The van der Waals surface area contributed by atoms with Gasteiger partial charge in [-0.25, -0.2) is 0 Å². The lowest BCUT2D eigenvalue weighted by molar-refractivity contribution is 0.687. The highest BCUT2D eigenvalue weighted by atomic mass is 79.9. The van der Waals surface area contributed by atoms with Crippen molar-refractivity contribution in [1.82, 2.24) is 5.32 Å². The van der Waals surface area contributed by atoms with Crippen LogP contribution in [0.4, 0.5) is 5.69 Å². The molecule has 15 heavy (non-hydrogen) atoms. The van der Waals surface area contributed by atoms with E-state index >= 15 is 0 Å². The van der Waals surface area contributed by atoms with Crippen LogP contribution in [0.3, 0.4) is 0 Å². The Hall–Kier alpha value is -0.540. The third-order valence-corrected chi connectivity index (χ3v) is 3.18. The van der Waals surface area contributed by atoms with Gasteiger partial charge in [-0.1, -0.05) is 22.0 Å². The quantitative estimate of drug-likeness (QED) is 0.904. The van der Waals surface area contributed by atoms with Crippen molar-refractivity contribution in [2.45, 2.75) is 25.4 Å². The van der Waals surface area contributed by atoms with Crippen molar-refractivity contribution in [3.05, 3.63) is 28.2 Å². The molecule has 1 aliphatic carbocycles. The minimum absolute atomic E-state index is 0.767. The average Bonchev–Trinajstić information content (AvgIpc) is 2.99. The third kappa shape index (κ3) is 2.95. The van der Waals surface area contributed by atoms with E-state index < -0.39 is 0 Å². The first-order valence-corrected chi connectivity index (χ1v) is 6.15. The highest BCUT2D eigenvalue weighted by molar-refractivity contribution is 9.10. The number of nitrogens with one attached hydrogen (secondary N) is 1. The van der Waals surface area contributed by atoms with E-state index in [-0.39, 0.29) is 0 Å². The van der Waals surface area contributed by atoms with Crippen LogP contribution < -0.4 is 10.2 Å². The second-order valence-electron chi connectivity index (χ2n) is 4.32. The van der Waals surface area contributed by atoms with E-state index in [0.29, 0.717) is 0 Å². The number of hydrogen-bond donors (Lipinski definition) is 1. The molecule has 0 saturated heterocycles. The fourth-order valence-electron chi connectivity index (χ4n) is 1.64. The first-order valence-electron chi connectivity index (χ1n) is 5.36. The summed E-state index contributed by atoms with van der Waals surface area (Å²) in [6, 6.07) is 7.24. The summed E-state index contributed by atoms with van der Waals surface area (Å²) >= 11 is 3.51. The first kappa shape index (κ1) is 11.0. The van der Waals surface area contributed by atoms with Crippen LogP contribution in [0.15, 0.2) is 22.7 Å². The summed E-state index contributed by atoms with van der Waals surface area (Å²) in [6.07, 6.45) is 2.68. The van der Waals surface area contributed by atoms with Crippen molar-refractivity contribution in [3.63, 3.8) is 0 Å². The summed E-state index contributed by atoms with van der Waals surface area (Å²) in [7, 11) is 4.17. The van der Waals surface area contributed by atoms with Crippen LogP contribution >= 0.6 is 15.9 Å². The fourth-order valence-corrected chi connectivity index (χ4v) is 1.99. The molecular weight excluding hydrogens is 252 g/mol. The molecule has 1 aliphatic rings. The van der Waals surface area contributed by atoms with Crippen molar-refractivity contribution >= 4 is 21.6 Å². The van der Waals surface area contributed by atoms with E-state index in [4.69, 9.17) is 0 Å². The number of hydrogen-bond acceptors (Lipinski definition) is 2. The van der Waals surface area contributed by atoms with Crippen LogP contribution in [-0.4, -0.2) is 20.1 Å². The number of nitrogens with zero attached hydrogens (tertiary/aromatic N) is 1. The number of halogens is 1. The second kappa shape index (κ2) is 4.54. The highest BCUT2D eigenvalue weighted by Crippen LogP contribution is 2.25. The molecule has 0 spiro atoms. The topological polar surface area (TPSA) is 15.3 Å². The zero-order valence-corrected chi connectivity index (χ0v) is 10.8. The van der Waals surface area contributed by atoms with Gasteiger partial charge in [0.2, 0.25) is 0 Å². The average molecular weight is 269 g/mol. The Morgan fingerprint density at radius 3 is 2.73 bits per heavy atom. The molecule has 0 heterocycles. The summed E-state index contributed by atoms with van der Waals surface area (Å²) in [5, 5.41) is 3.55. The van der Waals surface area contributed by atoms with Gasteiger partial charge < -0.3 is 10.2 Å². The molecule has 0 unspecified atom stereocenters. The molecule has 1 saturated carbocycles. The van der Waals surface area contributed by atoms with Crippen LogP contribution in [-0.2, 0) is 6.54 Å². The molecule has 0 bridgehead atoms. The molecule has 0 radical (unpaired) electrons. The number of rotatable bonds is 4. The molecule has 1 N–H and O–H groups in total. The van der Waals surface area contributed by atoms with Crippen molar-refractivity contribution < 1.29 is 0 Å². The van der Waals surface area contributed by atoms with Crippen LogP contribution in [0.2, 0.25) is 0 Å². The van der Waals surface area contributed by atoms with Gasteiger partial charge in [0.15, 0.2) is 0 Å². The normalized spacial score (nSPS) is 15.4. The smallest absolute Gasteiger partial charge is 0.0417 e. The maximum atomic E-state index is 3.55.